The van der Waals surface area contributed by atoms with Crippen LogP contribution in [-0.2, 0) is 4.79 Å². The van der Waals surface area contributed by atoms with Crippen molar-refractivity contribution in [2.45, 2.75) is 19.8 Å². The molecule has 0 unspecified atom stereocenters. The number of carbonyl (C=O) groups excluding carboxylic acids is 1. The quantitative estimate of drug-likeness (QED) is 0.877. The molecule has 20 heavy (non-hydrogen) atoms. The molecule has 0 spiro atoms. The molecule has 1 N–H and O–H groups in total. The molecule has 1 aromatic carbocycles. The normalized spacial score (nSPS) is 12.8. The number of benzene rings is 1. The van der Waals surface area contributed by atoms with Crippen LogP contribution in [0, 0.1) is 0 Å². The molecule has 1 amide bonds. The van der Waals surface area contributed by atoms with Crippen molar-refractivity contribution in [2.24, 2.45) is 0 Å². The van der Waals surface area contributed by atoms with Crippen molar-refractivity contribution in [3.05, 3.63) is 17.2 Å². The molecule has 0 bridgehead atoms. The summed E-state index contributed by atoms with van der Waals surface area (Å²) in [5.41, 5.74) is 0.546. The molecule has 0 aliphatic carbocycles. The van der Waals surface area contributed by atoms with Crippen LogP contribution in [0.25, 0.3) is 0 Å². The van der Waals surface area contributed by atoms with Gasteiger partial charge in [0.15, 0.2) is 11.5 Å². The zero-order valence-corrected chi connectivity index (χ0v) is 12.5. The monoisotopic (exact) mass is 298 g/mol. The summed E-state index contributed by atoms with van der Waals surface area (Å²) in [4.78, 5) is 13.9. The number of hydrogen-bond acceptors (Lipinski definition) is 4. The van der Waals surface area contributed by atoms with E-state index in [0.717, 1.165) is 19.4 Å². The maximum atomic E-state index is 12.0. The van der Waals surface area contributed by atoms with Crippen molar-refractivity contribution < 1.29 is 14.3 Å². The number of fused-ring (bicyclic) bond motifs is 1. The molecule has 6 heteroatoms. The summed E-state index contributed by atoms with van der Waals surface area (Å²) >= 11 is 6.11. The molecule has 0 aromatic heterocycles. The Balaban J connectivity index is 1.94. The van der Waals surface area contributed by atoms with E-state index in [9.17, 15) is 4.79 Å². The van der Waals surface area contributed by atoms with Crippen molar-refractivity contribution in [1.82, 2.24) is 4.90 Å². The van der Waals surface area contributed by atoms with Crippen LogP contribution in [0.3, 0.4) is 0 Å². The zero-order valence-electron chi connectivity index (χ0n) is 11.7. The number of ether oxygens (including phenoxy) is 2. The van der Waals surface area contributed by atoms with E-state index in [1.165, 1.54) is 0 Å². The first-order valence-electron chi connectivity index (χ1n) is 6.67. The SMILES string of the molecule is CCCCN(C)CC(=O)Nc1cc2c(cc1Cl)OCO2. The van der Waals surface area contributed by atoms with E-state index >= 15 is 0 Å². The van der Waals surface area contributed by atoms with Crippen molar-refractivity contribution in [3.8, 4) is 11.5 Å². The number of anilines is 1. The zero-order chi connectivity index (χ0) is 14.5. The van der Waals surface area contributed by atoms with Crippen LogP contribution < -0.4 is 14.8 Å². The lowest BCUT2D eigenvalue weighted by molar-refractivity contribution is -0.117. The Morgan fingerprint density at radius 1 is 1.40 bits per heavy atom. The topological polar surface area (TPSA) is 50.8 Å². The average Bonchev–Trinajstić information content (AvgIpc) is 2.83. The summed E-state index contributed by atoms with van der Waals surface area (Å²) in [6, 6.07) is 3.34. The number of nitrogens with one attached hydrogen (secondary N) is 1. The first-order chi connectivity index (χ1) is 9.60. The van der Waals surface area contributed by atoms with Crippen LogP contribution in [0.5, 0.6) is 11.5 Å². The summed E-state index contributed by atoms with van der Waals surface area (Å²) in [5.74, 6) is 1.11. The molecule has 0 atom stereocenters. The Morgan fingerprint density at radius 2 is 2.10 bits per heavy atom. The van der Waals surface area contributed by atoms with Crippen LogP contribution in [0.15, 0.2) is 12.1 Å². The Bertz CT molecular complexity index is 494. The minimum Gasteiger partial charge on any atom is -0.454 e. The van der Waals surface area contributed by atoms with Gasteiger partial charge in [0.25, 0.3) is 0 Å². The number of nitrogens with zero attached hydrogens (tertiary/aromatic N) is 1. The lowest BCUT2D eigenvalue weighted by atomic mass is 10.2. The summed E-state index contributed by atoms with van der Waals surface area (Å²) in [5, 5.41) is 3.24. The van der Waals surface area contributed by atoms with Crippen LogP contribution in [0.2, 0.25) is 5.02 Å². The van der Waals surface area contributed by atoms with E-state index in [0.29, 0.717) is 28.8 Å². The molecule has 5 nitrogen and oxygen atoms in total. The van der Waals surface area contributed by atoms with Crippen molar-refractivity contribution in [3.63, 3.8) is 0 Å². The molecule has 0 fully saturated rings. The molecule has 2 rings (SSSR count). The largest absolute Gasteiger partial charge is 0.454 e. The minimum atomic E-state index is -0.0932. The summed E-state index contributed by atoms with van der Waals surface area (Å²) in [6.07, 6.45) is 2.19. The van der Waals surface area contributed by atoms with E-state index in [2.05, 4.69) is 12.2 Å². The lowest BCUT2D eigenvalue weighted by Crippen LogP contribution is -2.30. The third kappa shape index (κ3) is 3.77. The predicted molar refractivity (Wildman–Crippen MR) is 78.6 cm³/mol. The summed E-state index contributed by atoms with van der Waals surface area (Å²) < 4.78 is 10.5. The summed E-state index contributed by atoms with van der Waals surface area (Å²) in [6.45, 7) is 3.55. The van der Waals surface area contributed by atoms with Gasteiger partial charge in [-0.05, 0) is 20.0 Å². The molecular weight excluding hydrogens is 280 g/mol. The fraction of sp³-hybridized carbons (Fsp3) is 0.500. The van der Waals surface area contributed by atoms with Crippen molar-refractivity contribution >= 4 is 23.2 Å². The highest BCUT2D eigenvalue weighted by Gasteiger charge is 2.17. The van der Waals surface area contributed by atoms with Crippen molar-refractivity contribution in [1.29, 1.82) is 0 Å². The number of hydrogen-bond donors (Lipinski definition) is 1. The van der Waals surface area contributed by atoms with Gasteiger partial charge in [-0.2, -0.15) is 0 Å². The Kier molecular flexibility index (Phi) is 5.09. The minimum absolute atomic E-state index is 0.0932. The van der Waals surface area contributed by atoms with E-state index in [4.69, 9.17) is 21.1 Å². The van der Waals surface area contributed by atoms with E-state index in [-0.39, 0.29) is 12.7 Å². The van der Waals surface area contributed by atoms with Gasteiger partial charge < -0.3 is 14.8 Å². The number of likely N-dealkylation sites (N-methyl/N-ethyl adjacent to an activating group) is 1. The second kappa shape index (κ2) is 6.81. The predicted octanol–water partition coefficient (Wildman–Crippen LogP) is 2.74. The molecule has 1 aromatic rings. The third-order valence-corrected chi connectivity index (χ3v) is 3.36. The molecule has 110 valence electrons. The maximum absolute atomic E-state index is 12.0. The fourth-order valence-corrected chi connectivity index (χ4v) is 2.16. The first kappa shape index (κ1) is 14.9. The Labute approximate surface area is 123 Å². The molecule has 1 heterocycles. The number of unbranched alkanes of at least 4 members (excludes halogenated alkanes) is 1. The highest BCUT2D eigenvalue weighted by Crippen LogP contribution is 2.39. The van der Waals surface area contributed by atoms with Gasteiger partial charge in [-0.1, -0.05) is 24.9 Å². The van der Waals surface area contributed by atoms with Gasteiger partial charge in [-0.3, -0.25) is 9.69 Å². The molecule has 0 saturated carbocycles. The highest BCUT2D eigenvalue weighted by molar-refractivity contribution is 6.34. The lowest BCUT2D eigenvalue weighted by Gasteiger charge is -2.16. The van der Waals surface area contributed by atoms with Gasteiger partial charge in [0.1, 0.15) is 0 Å². The van der Waals surface area contributed by atoms with Gasteiger partial charge >= 0.3 is 0 Å². The standard InChI is InChI=1S/C14H19ClN2O3/c1-3-4-5-17(2)8-14(18)16-11-7-13-12(6-10(11)15)19-9-20-13/h6-7H,3-5,8-9H2,1-2H3,(H,16,18). The Morgan fingerprint density at radius 3 is 2.80 bits per heavy atom. The van der Waals surface area contributed by atoms with Gasteiger partial charge in [0, 0.05) is 12.1 Å². The molecule has 1 aliphatic heterocycles. The molecule has 0 saturated heterocycles. The molecular formula is C14H19ClN2O3. The van der Waals surface area contributed by atoms with Crippen molar-refractivity contribution in [2.75, 3.05) is 32.2 Å². The molecule has 0 radical (unpaired) electrons. The van der Waals surface area contributed by atoms with Crippen LogP contribution in [0.4, 0.5) is 5.69 Å². The summed E-state index contributed by atoms with van der Waals surface area (Å²) in [7, 11) is 1.93. The third-order valence-electron chi connectivity index (χ3n) is 3.04. The second-order valence-corrected chi connectivity index (χ2v) is 5.23. The first-order valence-corrected chi connectivity index (χ1v) is 7.05. The smallest absolute Gasteiger partial charge is 0.238 e. The van der Waals surface area contributed by atoms with Gasteiger partial charge in [-0.15, -0.1) is 0 Å². The van der Waals surface area contributed by atoms with Gasteiger partial charge in [0.05, 0.1) is 17.3 Å². The van der Waals surface area contributed by atoms with Crippen LogP contribution in [-0.4, -0.2) is 37.7 Å². The van der Waals surface area contributed by atoms with Gasteiger partial charge in [0.2, 0.25) is 12.7 Å². The average molecular weight is 299 g/mol. The van der Waals surface area contributed by atoms with Crippen LogP contribution >= 0.6 is 11.6 Å². The number of halogens is 1. The highest BCUT2D eigenvalue weighted by atomic mass is 35.5. The number of amides is 1. The van der Waals surface area contributed by atoms with E-state index < -0.39 is 0 Å². The maximum Gasteiger partial charge on any atom is 0.238 e. The fourth-order valence-electron chi connectivity index (χ4n) is 1.95. The number of carbonyl (C=O) groups is 1. The van der Waals surface area contributed by atoms with E-state index in [1.54, 1.807) is 12.1 Å². The van der Waals surface area contributed by atoms with Gasteiger partial charge in [-0.25, -0.2) is 0 Å². The number of rotatable bonds is 6. The van der Waals surface area contributed by atoms with E-state index in [1.807, 2.05) is 11.9 Å². The van der Waals surface area contributed by atoms with Crippen LogP contribution in [0.1, 0.15) is 19.8 Å². The molecule has 1 aliphatic rings. The second-order valence-electron chi connectivity index (χ2n) is 4.82. The Hall–Kier alpha value is -1.46.